The van der Waals surface area contributed by atoms with Crippen molar-refractivity contribution in [2.45, 2.75) is 57.2 Å². The summed E-state index contributed by atoms with van der Waals surface area (Å²) in [5, 5.41) is 1.46. The highest BCUT2D eigenvalue weighted by molar-refractivity contribution is 7.92. The Labute approximate surface area is 260 Å². The van der Waals surface area contributed by atoms with E-state index >= 15 is 13.2 Å². The molecule has 2 fully saturated rings. The molecule has 3 aromatic rings. The van der Waals surface area contributed by atoms with Gasteiger partial charge in [0.25, 0.3) is 0 Å². The highest BCUT2D eigenvalue weighted by Gasteiger charge is 2.44. The highest BCUT2D eigenvalue weighted by atomic mass is 35.5. The molecule has 1 unspecified atom stereocenters. The van der Waals surface area contributed by atoms with Gasteiger partial charge in [0.05, 0.1) is 22.8 Å². The smallest absolute Gasteiger partial charge is 0.415 e. The first-order chi connectivity index (χ1) is 20.3. The molecule has 232 valence electrons. The van der Waals surface area contributed by atoms with Crippen LogP contribution < -0.4 is 9.62 Å². The van der Waals surface area contributed by atoms with Crippen molar-refractivity contribution in [3.05, 3.63) is 68.8 Å². The number of rotatable bonds is 8. The zero-order chi connectivity index (χ0) is 30.9. The molecule has 0 bridgehead atoms. The molecule has 3 heterocycles. The number of carbonyl (C=O) groups is 1. The Morgan fingerprint density at radius 1 is 1.19 bits per heavy atom. The van der Waals surface area contributed by atoms with Gasteiger partial charge in [-0.15, -0.1) is 11.3 Å². The molecular weight excluding hydrogens is 625 g/mol. The van der Waals surface area contributed by atoms with Crippen LogP contribution in [0.4, 0.5) is 29.5 Å². The van der Waals surface area contributed by atoms with Crippen LogP contribution in [0.15, 0.2) is 40.1 Å². The van der Waals surface area contributed by atoms with Gasteiger partial charge in [-0.25, -0.2) is 22.9 Å². The van der Waals surface area contributed by atoms with E-state index in [0.29, 0.717) is 13.2 Å². The van der Waals surface area contributed by atoms with Crippen molar-refractivity contribution < 1.29 is 32.0 Å². The van der Waals surface area contributed by atoms with Gasteiger partial charge in [-0.05, 0) is 45.7 Å². The minimum atomic E-state index is -2.06. The van der Waals surface area contributed by atoms with Gasteiger partial charge in [0.1, 0.15) is 28.6 Å². The Balaban J connectivity index is 1.45. The number of halogens is 4. The number of anilines is 2. The Morgan fingerprint density at radius 2 is 1.86 bits per heavy atom. The van der Waals surface area contributed by atoms with E-state index in [9.17, 15) is 9.35 Å². The number of nitrogens with one attached hydrogen (secondary N) is 1. The summed E-state index contributed by atoms with van der Waals surface area (Å²) in [6, 6.07) is 4.11. The van der Waals surface area contributed by atoms with Gasteiger partial charge in [0.2, 0.25) is 4.90 Å². The number of nitrogens with zero attached hydrogens (tertiary/aromatic N) is 3. The van der Waals surface area contributed by atoms with E-state index in [1.165, 1.54) is 16.8 Å². The first-order valence-electron chi connectivity index (χ1n) is 13.7. The van der Waals surface area contributed by atoms with Gasteiger partial charge in [-0.2, -0.15) is 4.72 Å². The van der Waals surface area contributed by atoms with Gasteiger partial charge >= 0.3 is 6.09 Å². The molecule has 2 aromatic carbocycles. The quantitative estimate of drug-likeness (QED) is 0.264. The molecule has 0 aliphatic carbocycles. The largest absolute Gasteiger partial charge is 0.588 e. The number of thiazole rings is 1. The third kappa shape index (κ3) is 7.40. The molecule has 2 aliphatic heterocycles. The van der Waals surface area contributed by atoms with E-state index in [-0.39, 0.29) is 44.5 Å². The fraction of sp³-hybridized carbons (Fsp3) is 0.448. The van der Waals surface area contributed by atoms with Crippen molar-refractivity contribution >= 4 is 51.9 Å². The van der Waals surface area contributed by atoms with Crippen molar-refractivity contribution in [3.63, 3.8) is 0 Å². The summed E-state index contributed by atoms with van der Waals surface area (Å²) in [6.07, 6.45) is 0.889. The van der Waals surface area contributed by atoms with Gasteiger partial charge < -0.3 is 14.0 Å². The summed E-state index contributed by atoms with van der Waals surface area (Å²) in [7, 11) is 0. The van der Waals surface area contributed by atoms with E-state index < -0.39 is 47.1 Å². The van der Waals surface area contributed by atoms with E-state index in [0.717, 1.165) is 55.1 Å². The van der Waals surface area contributed by atoms with Crippen LogP contribution in [-0.4, -0.2) is 52.4 Å². The predicted octanol–water partition coefficient (Wildman–Crippen LogP) is 6.90. The van der Waals surface area contributed by atoms with Crippen LogP contribution in [0, 0.1) is 22.9 Å². The average molecular weight is 657 g/mol. The average Bonchev–Trinajstić information content (AvgIpc) is 3.43. The number of likely N-dealkylation sites (tertiary alicyclic amines) is 1. The van der Waals surface area contributed by atoms with Crippen molar-refractivity contribution in [1.82, 2.24) is 9.88 Å². The van der Waals surface area contributed by atoms with Crippen LogP contribution in [0.25, 0.3) is 0 Å². The second kappa shape index (κ2) is 12.8. The lowest BCUT2D eigenvalue weighted by Gasteiger charge is -2.52. The molecule has 1 aromatic heterocycles. The summed E-state index contributed by atoms with van der Waals surface area (Å²) in [4.78, 5) is 20.2. The Morgan fingerprint density at radius 3 is 2.49 bits per heavy atom. The summed E-state index contributed by atoms with van der Waals surface area (Å²) >= 11 is 5.74. The third-order valence-corrected chi connectivity index (χ3v) is 9.42. The van der Waals surface area contributed by atoms with Crippen LogP contribution >= 0.6 is 22.9 Å². The summed E-state index contributed by atoms with van der Waals surface area (Å²) in [5.41, 5.74) is 0.549. The fourth-order valence-corrected chi connectivity index (χ4v) is 7.10. The van der Waals surface area contributed by atoms with E-state index in [2.05, 4.69) is 9.71 Å². The summed E-state index contributed by atoms with van der Waals surface area (Å²) in [5.74, 6) is -1.99. The first kappa shape index (κ1) is 31.9. The van der Waals surface area contributed by atoms with Gasteiger partial charge in [0.15, 0.2) is 11.6 Å². The standard InChI is InChI=1S/C29H32ClF3N4O4S2/c1-28(2,3)41-27(38)37(24-11-23(33)25(10-20(24)30)43(39)35-26-14-42-17-34-26)13-19-18(21(31)4-5-22(19)32)12-36-15-29(16-36)6-8-40-9-7-29/h4-5,10-11,14,17,35H,6-9,12-13,15-16H2,1-3H3. The molecule has 1 atom stereocenters. The zero-order valence-electron chi connectivity index (χ0n) is 23.9. The maximum atomic E-state index is 15.4. The Bertz CT molecular complexity index is 1460. The van der Waals surface area contributed by atoms with Crippen LogP contribution in [0.2, 0.25) is 5.02 Å². The molecule has 1 amide bonds. The van der Waals surface area contributed by atoms with Crippen LogP contribution in [0.3, 0.4) is 0 Å². The monoisotopic (exact) mass is 656 g/mol. The lowest BCUT2D eigenvalue weighted by atomic mass is 9.73. The third-order valence-electron chi connectivity index (χ3n) is 7.42. The lowest BCUT2D eigenvalue weighted by Crippen LogP contribution is -2.57. The molecular formula is C29H32ClF3N4O4S2. The molecule has 0 radical (unpaired) electrons. The maximum absolute atomic E-state index is 15.4. The molecule has 2 aliphatic rings. The predicted molar refractivity (Wildman–Crippen MR) is 160 cm³/mol. The molecule has 43 heavy (non-hydrogen) atoms. The number of hydrogen-bond donors (Lipinski definition) is 1. The normalized spacial score (nSPS) is 17.4. The topological polar surface area (TPSA) is 90.0 Å². The van der Waals surface area contributed by atoms with Gasteiger partial charge in [-0.3, -0.25) is 9.80 Å². The Kier molecular flexibility index (Phi) is 9.50. The zero-order valence-corrected chi connectivity index (χ0v) is 26.3. The number of amides is 1. The van der Waals surface area contributed by atoms with E-state index in [1.807, 2.05) is 4.90 Å². The molecule has 0 saturated carbocycles. The van der Waals surface area contributed by atoms with Crippen molar-refractivity contribution in [3.8, 4) is 0 Å². The Hall–Kier alpha value is -2.55. The number of ether oxygens (including phenoxy) is 2. The maximum Gasteiger partial charge on any atom is 0.415 e. The molecule has 1 spiro atoms. The highest BCUT2D eigenvalue weighted by Crippen LogP contribution is 2.41. The van der Waals surface area contributed by atoms with E-state index in [4.69, 9.17) is 21.1 Å². The van der Waals surface area contributed by atoms with Crippen molar-refractivity contribution in [2.75, 3.05) is 35.9 Å². The van der Waals surface area contributed by atoms with Crippen LogP contribution in [0.5, 0.6) is 0 Å². The van der Waals surface area contributed by atoms with E-state index in [1.54, 1.807) is 26.2 Å². The first-order valence-corrected chi connectivity index (χ1v) is 16.1. The lowest BCUT2D eigenvalue weighted by molar-refractivity contribution is -0.0842. The second-order valence-corrected chi connectivity index (χ2v) is 14.1. The minimum Gasteiger partial charge on any atom is -0.588 e. The SMILES string of the molecule is CC(C)(C)OC(=O)N(Cc1c(F)ccc(F)c1CN1CC2(CCOCC2)C1)c1cc(F)c([S+]([O-])Nc2cscn2)cc1Cl. The summed E-state index contributed by atoms with van der Waals surface area (Å²) in [6.45, 7) is 7.40. The number of benzene rings is 2. The fourth-order valence-electron chi connectivity index (χ4n) is 5.34. The van der Waals surface area contributed by atoms with Gasteiger partial charge in [0, 0.05) is 66.9 Å². The van der Waals surface area contributed by atoms with Crippen molar-refractivity contribution in [2.24, 2.45) is 5.41 Å². The van der Waals surface area contributed by atoms with Crippen LogP contribution in [-0.2, 0) is 33.9 Å². The molecule has 8 nitrogen and oxygen atoms in total. The number of carbonyl (C=O) groups excluding carboxylic acids is 1. The van der Waals surface area contributed by atoms with Crippen molar-refractivity contribution in [1.29, 1.82) is 0 Å². The number of aromatic nitrogens is 1. The molecule has 1 N–H and O–H groups in total. The number of hydrogen-bond acceptors (Lipinski definition) is 8. The molecule has 5 rings (SSSR count). The summed E-state index contributed by atoms with van der Waals surface area (Å²) < 4.78 is 72.5. The van der Waals surface area contributed by atoms with Gasteiger partial charge in [-0.1, -0.05) is 11.6 Å². The molecule has 2 saturated heterocycles. The molecule has 14 heteroatoms. The second-order valence-electron chi connectivity index (χ2n) is 11.8. The minimum absolute atomic E-state index is 0.0758. The van der Waals surface area contributed by atoms with Crippen LogP contribution in [0.1, 0.15) is 44.7 Å².